The van der Waals surface area contributed by atoms with Crippen LogP contribution in [-0.2, 0) is 0 Å². The minimum atomic E-state index is -0.288. The van der Waals surface area contributed by atoms with Crippen molar-refractivity contribution < 1.29 is 5.11 Å². The van der Waals surface area contributed by atoms with Crippen LogP contribution < -0.4 is 5.32 Å². The quantitative estimate of drug-likeness (QED) is 0.910. The number of fused-ring (bicyclic) bond motifs is 1. The molecule has 1 aromatic heterocycles. The number of nitrogens with zero attached hydrogens (tertiary/aromatic N) is 1. The second-order valence-electron chi connectivity index (χ2n) is 4.06. The van der Waals surface area contributed by atoms with Crippen LogP contribution in [0.1, 0.15) is 13.3 Å². The van der Waals surface area contributed by atoms with Crippen LogP contribution in [0.25, 0.3) is 10.8 Å². The van der Waals surface area contributed by atoms with Gasteiger partial charge in [0.1, 0.15) is 5.82 Å². The topological polar surface area (TPSA) is 45.1 Å². The zero-order chi connectivity index (χ0) is 12.3. The molecule has 0 spiro atoms. The summed E-state index contributed by atoms with van der Waals surface area (Å²) in [5, 5.41) is 14.7. The van der Waals surface area contributed by atoms with Gasteiger partial charge in [-0.2, -0.15) is 0 Å². The predicted octanol–water partition coefficient (Wildman–Crippen LogP) is 3.18. The number of benzene rings is 1. The molecule has 4 heteroatoms. The number of pyridine rings is 1. The van der Waals surface area contributed by atoms with Gasteiger partial charge in [0.15, 0.2) is 0 Å². The molecule has 0 bridgehead atoms. The van der Waals surface area contributed by atoms with Crippen LogP contribution in [0.3, 0.4) is 0 Å². The number of rotatable bonds is 4. The lowest BCUT2D eigenvalue weighted by Gasteiger charge is -2.10. The number of hydrogen-bond donors (Lipinski definition) is 2. The van der Waals surface area contributed by atoms with Crippen LogP contribution in [0.4, 0.5) is 5.82 Å². The Hall–Kier alpha value is -1.13. The van der Waals surface area contributed by atoms with Crippen molar-refractivity contribution in [1.82, 2.24) is 4.98 Å². The first-order chi connectivity index (χ1) is 8.18. The summed E-state index contributed by atoms with van der Waals surface area (Å²) in [6, 6.07) is 8.03. The van der Waals surface area contributed by atoms with Crippen LogP contribution in [0.5, 0.6) is 0 Å². The van der Waals surface area contributed by atoms with Gasteiger partial charge in [0.25, 0.3) is 0 Å². The summed E-state index contributed by atoms with van der Waals surface area (Å²) in [5.41, 5.74) is 0. The number of nitrogens with one attached hydrogen (secondary N) is 1. The molecule has 0 radical (unpaired) electrons. The molecule has 2 aromatic rings. The largest absolute Gasteiger partial charge is 0.393 e. The van der Waals surface area contributed by atoms with E-state index in [0.717, 1.165) is 27.6 Å². The Morgan fingerprint density at radius 2 is 2.18 bits per heavy atom. The van der Waals surface area contributed by atoms with Crippen molar-refractivity contribution in [2.24, 2.45) is 0 Å². The molecule has 0 aliphatic rings. The lowest BCUT2D eigenvalue weighted by molar-refractivity contribution is 0.188. The third kappa shape index (κ3) is 2.96. The third-order valence-electron chi connectivity index (χ3n) is 2.61. The Balaban J connectivity index is 2.25. The number of halogens is 1. The summed E-state index contributed by atoms with van der Waals surface area (Å²) >= 11 is 3.53. The van der Waals surface area contributed by atoms with Gasteiger partial charge in [-0.05, 0) is 25.5 Å². The number of aliphatic hydroxyl groups is 1. The molecule has 0 amide bonds. The monoisotopic (exact) mass is 294 g/mol. The summed E-state index contributed by atoms with van der Waals surface area (Å²) in [4.78, 5) is 4.33. The van der Waals surface area contributed by atoms with E-state index in [9.17, 15) is 5.11 Å². The maximum atomic E-state index is 9.22. The van der Waals surface area contributed by atoms with Crippen LogP contribution in [-0.4, -0.2) is 22.7 Å². The molecule has 0 saturated heterocycles. The average Bonchev–Trinajstić information content (AvgIpc) is 2.30. The van der Waals surface area contributed by atoms with Crippen molar-refractivity contribution in [1.29, 1.82) is 0 Å². The summed E-state index contributed by atoms with van der Waals surface area (Å²) in [7, 11) is 0. The van der Waals surface area contributed by atoms with Gasteiger partial charge in [-0.25, -0.2) is 4.98 Å². The molecular weight excluding hydrogens is 280 g/mol. The highest BCUT2D eigenvalue weighted by molar-refractivity contribution is 9.10. The van der Waals surface area contributed by atoms with Gasteiger partial charge in [0.2, 0.25) is 0 Å². The molecule has 0 fully saturated rings. The lowest BCUT2D eigenvalue weighted by Crippen LogP contribution is -2.10. The number of hydrogen-bond acceptors (Lipinski definition) is 3. The normalized spacial score (nSPS) is 12.6. The molecule has 0 saturated carbocycles. The first-order valence-electron chi connectivity index (χ1n) is 5.63. The van der Waals surface area contributed by atoms with E-state index >= 15 is 0 Å². The van der Waals surface area contributed by atoms with E-state index in [1.807, 2.05) is 24.3 Å². The van der Waals surface area contributed by atoms with Crippen molar-refractivity contribution in [3.8, 4) is 0 Å². The lowest BCUT2D eigenvalue weighted by atomic mass is 10.1. The van der Waals surface area contributed by atoms with Crippen LogP contribution in [0, 0.1) is 0 Å². The summed E-state index contributed by atoms with van der Waals surface area (Å²) < 4.78 is 1.07. The molecule has 0 aliphatic carbocycles. The van der Waals surface area contributed by atoms with Crippen LogP contribution in [0.2, 0.25) is 0 Å². The Labute approximate surface area is 109 Å². The first-order valence-corrected chi connectivity index (χ1v) is 6.43. The third-order valence-corrected chi connectivity index (χ3v) is 3.30. The molecule has 2 rings (SSSR count). The summed E-state index contributed by atoms with van der Waals surface area (Å²) in [6.07, 6.45) is 2.22. The van der Waals surface area contributed by atoms with E-state index in [-0.39, 0.29) is 6.10 Å². The molecule has 1 heterocycles. The van der Waals surface area contributed by atoms with Crippen molar-refractivity contribution in [2.45, 2.75) is 19.4 Å². The van der Waals surface area contributed by atoms with Crippen molar-refractivity contribution in [3.05, 3.63) is 34.9 Å². The Morgan fingerprint density at radius 3 is 2.94 bits per heavy atom. The van der Waals surface area contributed by atoms with Gasteiger partial charge in [-0.15, -0.1) is 0 Å². The van der Waals surface area contributed by atoms with E-state index in [0.29, 0.717) is 6.42 Å². The zero-order valence-corrected chi connectivity index (χ0v) is 11.2. The van der Waals surface area contributed by atoms with Crippen LogP contribution >= 0.6 is 15.9 Å². The van der Waals surface area contributed by atoms with E-state index in [4.69, 9.17) is 0 Å². The Kier molecular flexibility index (Phi) is 3.97. The van der Waals surface area contributed by atoms with Crippen LogP contribution in [0.15, 0.2) is 34.9 Å². The SMILES string of the molecule is C[C@@H](O)CCNc1nccc2c(Br)cccc12. The molecule has 17 heavy (non-hydrogen) atoms. The molecule has 0 unspecified atom stereocenters. The fraction of sp³-hybridized carbons (Fsp3) is 0.308. The maximum Gasteiger partial charge on any atom is 0.133 e. The molecule has 0 aliphatic heterocycles. The maximum absolute atomic E-state index is 9.22. The highest BCUT2D eigenvalue weighted by atomic mass is 79.9. The van der Waals surface area contributed by atoms with E-state index < -0.39 is 0 Å². The number of aliphatic hydroxyl groups excluding tert-OH is 1. The summed E-state index contributed by atoms with van der Waals surface area (Å²) in [6.45, 7) is 2.51. The van der Waals surface area contributed by atoms with Crippen molar-refractivity contribution >= 4 is 32.5 Å². The van der Waals surface area contributed by atoms with Gasteiger partial charge in [-0.1, -0.05) is 28.1 Å². The molecular formula is C13H15BrN2O. The molecule has 1 aromatic carbocycles. The fourth-order valence-electron chi connectivity index (χ4n) is 1.71. The molecule has 90 valence electrons. The fourth-order valence-corrected chi connectivity index (χ4v) is 2.21. The predicted molar refractivity (Wildman–Crippen MR) is 74.2 cm³/mol. The van der Waals surface area contributed by atoms with E-state index in [1.165, 1.54) is 0 Å². The zero-order valence-electron chi connectivity index (χ0n) is 9.65. The minimum absolute atomic E-state index is 0.288. The van der Waals surface area contributed by atoms with E-state index in [2.05, 4.69) is 26.2 Å². The minimum Gasteiger partial charge on any atom is -0.393 e. The van der Waals surface area contributed by atoms with Gasteiger partial charge in [0, 0.05) is 28.0 Å². The van der Waals surface area contributed by atoms with Gasteiger partial charge < -0.3 is 10.4 Å². The van der Waals surface area contributed by atoms with E-state index in [1.54, 1.807) is 13.1 Å². The van der Waals surface area contributed by atoms with Gasteiger partial charge >= 0.3 is 0 Å². The first kappa shape index (κ1) is 12.3. The summed E-state index contributed by atoms with van der Waals surface area (Å²) in [5.74, 6) is 0.865. The highest BCUT2D eigenvalue weighted by Crippen LogP contribution is 2.27. The molecule has 1 atom stereocenters. The van der Waals surface area contributed by atoms with Gasteiger partial charge in [-0.3, -0.25) is 0 Å². The second kappa shape index (κ2) is 5.47. The smallest absolute Gasteiger partial charge is 0.133 e. The Bertz CT molecular complexity index is 514. The average molecular weight is 295 g/mol. The standard InChI is InChI=1S/C13H15BrN2O/c1-9(17)5-7-15-13-11-3-2-4-12(14)10(11)6-8-16-13/h2-4,6,8-9,17H,5,7H2,1H3,(H,15,16)/t9-/m1/s1. The second-order valence-corrected chi connectivity index (χ2v) is 4.91. The Morgan fingerprint density at radius 1 is 1.35 bits per heavy atom. The number of aromatic nitrogens is 1. The molecule has 2 N–H and O–H groups in total. The van der Waals surface area contributed by atoms with Gasteiger partial charge in [0.05, 0.1) is 6.10 Å². The van der Waals surface area contributed by atoms with Crippen molar-refractivity contribution in [3.63, 3.8) is 0 Å². The number of anilines is 1. The van der Waals surface area contributed by atoms with Crippen molar-refractivity contribution in [2.75, 3.05) is 11.9 Å². The highest BCUT2D eigenvalue weighted by Gasteiger charge is 2.04. The molecule has 3 nitrogen and oxygen atoms in total.